The molecule has 0 bridgehead atoms. The molecule has 0 spiro atoms. The zero-order chi connectivity index (χ0) is 20.4. The second kappa shape index (κ2) is 7.75. The number of anilines is 2. The van der Waals surface area contributed by atoms with Crippen LogP contribution in [-0.4, -0.2) is 22.0 Å². The molecule has 0 aliphatic rings. The number of fused-ring (bicyclic) bond motifs is 1. The van der Waals surface area contributed by atoms with Crippen molar-refractivity contribution < 1.29 is 4.74 Å². The molecule has 0 aliphatic heterocycles. The summed E-state index contributed by atoms with van der Waals surface area (Å²) < 4.78 is 5.74. The number of nitrogens with zero attached hydrogens (tertiary/aromatic N) is 3. The summed E-state index contributed by atoms with van der Waals surface area (Å²) in [5, 5.41) is 0.479. The molecule has 2 aromatic carbocycles. The maximum atomic E-state index is 12.1. The largest absolute Gasteiger partial charge is 0.426 e. The average molecular weight is 386 g/mol. The highest BCUT2D eigenvalue weighted by Gasteiger charge is 2.08. The molecule has 2 aromatic heterocycles. The topological polar surface area (TPSA) is 71.1 Å². The number of hydrogen-bond donors (Lipinski definition) is 1. The second-order valence-electron chi connectivity index (χ2n) is 7.17. The molecule has 0 unspecified atom stereocenters. The standard InChI is InChI=1S/C23H22N4O2/c1-15(2)16-4-6-17(7-5-16)27(3)18-8-10-19(11-9-18)29-23-25-21-14-24-13-12-20(21)22(28)26-23/h4-15H,1-3H3,(H,25,26,28). The van der Waals surface area contributed by atoms with Crippen LogP contribution in [0.2, 0.25) is 0 Å². The Balaban J connectivity index is 1.52. The molecule has 0 aliphatic carbocycles. The van der Waals surface area contributed by atoms with E-state index in [0.717, 1.165) is 11.4 Å². The maximum Gasteiger partial charge on any atom is 0.302 e. The monoisotopic (exact) mass is 386 g/mol. The predicted octanol–water partition coefficient (Wildman–Crippen LogP) is 5.00. The Kier molecular flexibility index (Phi) is 4.99. The molecular formula is C23H22N4O2. The summed E-state index contributed by atoms with van der Waals surface area (Å²) in [6, 6.07) is 18.0. The van der Waals surface area contributed by atoms with E-state index >= 15 is 0 Å². The molecule has 0 amide bonds. The zero-order valence-electron chi connectivity index (χ0n) is 16.6. The lowest BCUT2D eigenvalue weighted by molar-refractivity contribution is 0.443. The maximum absolute atomic E-state index is 12.1. The van der Waals surface area contributed by atoms with Crippen LogP contribution in [0.4, 0.5) is 11.4 Å². The van der Waals surface area contributed by atoms with Crippen LogP contribution in [0.25, 0.3) is 10.9 Å². The van der Waals surface area contributed by atoms with Crippen molar-refractivity contribution in [3.05, 3.63) is 82.9 Å². The van der Waals surface area contributed by atoms with Crippen molar-refractivity contribution in [2.45, 2.75) is 19.8 Å². The number of aromatic nitrogens is 3. The van der Waals surface area contributed by atoms with E-state index in [-0.39, 0.29) is 11.6 Å². The molecule has 1 N–H and O–H groups in total. The van der Waals surface area contributed by atoms with Gasteiger partial charge in [-0.1, -0.05) is 26.0 Å². The normalized spacial score (nSPS) is 11.0. The summed E-state index contributed by atoms with van der Waals surface area (Å²) in [6.45, 7) is 4.37. The molecular weight excluding hydrogens is 364 g/mol. The van der Waals surface area contributed by atoms with Crippen molar-refractivity contribution in [1.29, 1.82) is 0 Å². The minimum atomic E-state index is -0.256. The van der Waals surface area contributed by atoms with Gasteiger partial charge in [0.1, 0.15) is 5.75 Å². The van der Waals surface area contributed by atoms with Gasteiger partial charge >= 0.3 is 6.01 Å². The third-order valence-corrected chi connectivity index (χ3v) is 4.87. The van der Waals surface area contributed by atoms with Crippen molar-refractivity contribution in [3.8, 4) is 11.8 Å². The number of aromatic amines is 1. The number of benzene rings is 2. The van der Waals surface area contributed by atoms with Gasteiger partial charge in [-0.25, -0.2) is 0 Å². The fraction of sp³-hybridized carbons (Fsp3) is 0.174. The lowest BCUT2D eigenvalue weighted by atomic mass is 10.0. The second-order valence-corrected chi connectivity index (χ2v) is 7.17. The Hall–Kier alpha value is -3.67. The van der Waals surface area contributed by atoms with Gasteiger partial charge < -0.3 is 9.64 Å². The number of rotatable bonds is 5. The molecule has 0 radical (unpaired) electrons. The fourth-order valence-corrected chi connectivity index (χ4v) is 3.10. The highest BCUT2D eigenvalue weighted by Crippen LogP contribution is 2.28. The van der Waals surface area contributed by atoms with E-state index in [1.807, 2.05) is 31.3 Å². The predicted molar refractivity (Wildman–Crippen MR) is 115 cm³/mol. The number of pyridine rings is 1. The van der Waals surface area contributed by atoms with Crippen LogP contribution in [-0.2, 0) is 0 Å². The number of ether oxygens (including phenoxy) is 1. The van der Waals surface area contributed by atoms with Gasteiger partial charge in [-0.2, -0.15) is 4.98 Å². The summed E-state index contributed by atoms with van der Waals surface area (Å²) in [6.07, 6.45) is 3.10. The van der Waals surface area contributed by atoms with Crippen LogP contribution >= 0.6 is 0 Å². The first kappa shape index (κ1) is 18.7. The van der Waals surface area contributed by atoms with E-state index in [0.29, 0.717) is 22.6 Å². The summed E-state index contributed by atoms with van der Waals surface area (Å²) in [7, 11) is 2.02. The van der Waals surface area contributed by atoms with Gasteiger partial charge in [-0.05, 0) is 53.9 Å². The lowest BCUT2D eigenvalue weighted by Crippen LogP contribution is -2.10. The first-order valence-corrected chi connectivity index (χ1v) is 9.47. The number of hydrogen-bond acceptors (Lipinski definition) is 5. The fourth-order valence-electron chi connectivity index (χ4n) is 3.10. The molecule has 4 rings (SSSR count). The molecule has 2 heterocycles. The third kappa shape index (κ3) is 3.96. The van der Waals surface area contributed by atoms with E-state index in [1.54, 1.807) is 18.5 Å². The van der Waals surface area contributed by atoms with Crippen molar-refractivity contribution >= 4 is 22.3 Å². The Morgan fingerprint density at radius 1 is 0.966 bits per heavy atom. The van der Waals surface area contributed by atoms with Crippen molar-refractivity contribution in [3.63, 3.8) is 0 Å². The quantitative estimate of drug-likeness (QED) is 0.522. The smallest absolute Gasteiger partial charge is 0.302 e. The molecule has 146 valence electrons. The van der Waals surface area contributed by atoms with E-state index in [2.05, 4.69) is 58.0 Å². The molecule has 4 aromatic rings. The van der Waals surface area contributed by atoms with Gasteiger partial charge in [0.15, 0.2) is 0 Å². The Morgan fingerprint density at radius 3 is 2.28 bits per heavy atom. The van der Waals surface area contributed by atoms with E-state index in [9.17, 15) is 4.79 Å². The highest BCUT2D eigenvalue weighted by atomic mass is 16.5. The van der Waals surface area contributed by atoms with Crippen LogP contribution in [0.15, 0.2) is 71.8 Å². The van der Waals surface area contributed by atoms with Crippen LogP contribution in [0, 0.1) is 0 Å². The molecule has 6 nitrogen and oxygen atoms in total. The van der Waals surface area contributed by atoms with Gasteiger partial charge in [-0.15, -0.1) is 0 Å². The Morgan fingerprint density at radius 2 is 1.62 bits per heavy atom. The number of H-pyrrole nitrogens is 1. The van der Waals surface area contributed by atoms with Crippen molar-refractivity contribution in [1.82, 2.24) is 15.0 Å². The highest BCUT2D eigenvalue weighted by molar-refractivity contribution is 5.76. The molecule has 6 heteroatoms. The van der Waals surface area contributed by atoms with Crippen LogP contribution in [0.1, 0.15) is 25.3 Å². The summed E-state index contributed by atoms with van der Waals surface area (Å²) in [5.74, 6) is 1.10. The molecule has 0 atom stereocenters. The van der Waals surface area contributed by atoms with Crippen molar-refractivity contribution in [2.75, 3.05) is 11.9 Å². The Labute approximate surface area is 168 Å². The molecule has 0 saturated carbocycles. The van der Waals surface area contributed by atoms with Gasteiger partial charge in [0.25, 0.3) is 5.56 Å². The van der Waals surface area contributed by atoms with Gasteiger partial charge in [-0.3, -0.25) is 14.8 Å². The first-order chi connectivity index (χ1) is 14.0. The van der Waals surface area contributed by atoms with Gasteiger partial charge in [0.05, 0.1) is 17.1 Å². The SMILES string of the molecule is CC(C)c1ccc(N(C)c2ccc(Oc3nc4cnccc4c(=O)[nH]3)cc2)cc1. The molecule has 29 heavy (non-hydrogen) atoms. The molecule has 0 saturated heterocycles. The zero-order valence-corrected chi connectivity index (χ0v) is 16.6. The minimum Gasteiger partial charge on any atom is -0.426 e. The van der Waals surface area contributed by atoms with Crippen LogP contribution in [0.3, 0.4) is 0 Å². The molecule has 0 fully saturated rings. The van der Waals surface area contributed by atoms with Crippen LogP contribution < -0.4 is 15.2 Å². The summed E-state index contributed by atoms with van der Waals surface area (Å²) in [5.41, 5.74) is 3.69. The summed E-state index contributed by atoms with van der Waals surface area (Å²) >= 11 is 0. The van der Waals surface area contributed by atoms with E-state index in [4.69, 9.17) is 4.74 Å². The van der Waals surface area contributed by atoms with E-state index in [1.165, 1.54) is 5.56 Å². The minimum absolute atomic E-state index is 0.140. The van der Waals surface area contributed by atoms with Gasteiger partial charge in [0, 0.05) is 24.6 Å². The first-order valence-electron chi connectivity index (χ1n) is 9.47. The summed E-state index contributed by atoms with van der Waals surface area (Å²) in [4.78, 5) is 25.2. The van der Waals surface area contributed by atoms with Crippen molar-refractivity contribution in [2.24, 2.45) is 0 Å². The van der Waals surface area contributed by atoms with Crippen LogP contribution in [0.5, 0.6) is 11.8 Å². The third-order valence-electron chi connectivity index (χ3n) is 4.87. The number of nitrogens with one attached hydrogen (secondary N) is 1. The Bertz CT molecular complexity index is 1180. The lowest BCUT2D eigenvalue weighted by Gasteiger charge is -2.20. The average Bonchev–Trinajstić information content (AvgIpc) is 2.74. The van der Waals surface area contributed by atoms with Gasteiger partial charge in [0.2, 0.25) is 0 Å². The van der Waals surface area contributed by atoms with E-state index < -0.39 is 0 Å².